The lowest BCUT2D eigenvalue weighted by atomic mass is 10.3. The minimum absolute atomic E-state index is 0.0270. The fraction of sp³-hybridized carbons (Fsp3) is 0.318. The number of rotatable bonds is 9. The van der Waals surface area contributed by atoms with Crippen molar-refractivity contribution in [1.82, 2.24) is 4.57 Å². The number of hydrogen-bond acceptors (Lipinski definition) is 7. The van der Waals surface area contributed by atoms with Crippen molar-refractivity contribution in [2.24, 2.45) is 4.99 Å². The van der Waals surface area contributed by atoms with Crippen LogP contribution in [0.2, 0.25) is 0 Å². The van der Waals surface area contributed by atoms with Crippen molar-refractivity contribution in [3.63, 3.8) is 0 Å². The maximum Gasteiger partial charge on any atom is 0.326 e. The van der Waals surface area contributed by atoms with E-state index in [0.717, 1.165) is 25.8 Å². The Hall–Kier alpha value is -2.23. The van der Waals surface area contributed by atoms with E-state index in [4.69, 9.17) is 9.47 Å². The van der Waals surface area contributed by atoms with Gasteiger partial charge in [-0.2, -0.15) is 4.99 Å². The summed E-state index contributed by atoms with van der Waals surface area (Å²) < 4.78 is 13.0. The number of fused-ring (bicyclic) bond motifs is 1. The van der Waals surface area contributed by atoms with Gasteiger partial charge in [-0.15, -0.1) is 23.5 Å². The number of amides is 1. The van der Waals surface area contributed by atoms with Crippen LogP contribution in [0.25, 0.3) is 10.2 Å². The normalized spacial score (nSPS) is 11.6. The lowest BCUT2D eigenvalue weighted by molar-refractivity contribution is -0.143. The molecule has 31 heavy (non-hydrogen) atoms. The number of methoxy groups -OCH3 is 1. The first-order valence-corrected chi connectivity index (χ1v) is 12.7. The van der Waals surface area contributed by atoms with Gasteiger partial charge in [0.15, 0.2) is 4.80 Å². The molecule has 164 valence electrons. The van der Waals surface area contributed by atoms with Gasteiger partial charge in [0, 0.05) is 22.0 Å². The van der Waals surface area contributed by atoms with E-state index in [1.165, 1.54) is 11.3 Å². The number of ether oxygens (including phenoxy) is 2. The van der Waals surface area contributed by atoms with Gasteiger partial charge >= 0.3 is 5.97 Å². The Bertz CT molecular complexity index is 1120. The van der Waals surface area contributed by atoms with Gasteiger partial charge in [-0.3, -0.25) is 9.59 Å². The van der Waals surface area contributed by atoms with Gasteiger partial charge in [-0.1, -0.05) is 11.3 Å². The molecule has 0 aliphatic heterocycles. The summed E-state index contributed by atoms with van der Waals surface area (Å²) in [6.07, 6.45) is 2.32. The summed E-state index contributed by atoms with van der Waals surface area (Å²) in [5.74, 6) is 0.861. The fourth-order valence-electron chi connectivity index (χ4n) is 2.85. The third-order valence-electron chi connectivity index (χ3n) is 4.35. The lowest BCUT2D eigenvalue weighted by Gasteiger charge is -2.05. The fourth-order valence-corrected chi connectivity index (χ4v) is 5.29. The largest absolute Gasteiger partial charge is 0.497 e. The second-order valence-corrected chi connectivity index (χ2v) is 9.45. The molecule has 0 aliphatic carbocycles. The highest BCUT2D eigenvalue weighted by Gasteiger charge is 2.13. The Morgan fingerprint density at radius 1 is 1.13 bits per heavy atom. The van der Waals surface area contributed by atoms with Crippen molar-refractivity contribution in [3.05, 3.63) is 47.3 Å². The molecule has 0 aliphatic rings. The van der Waals surface area contributed by atoms with Crippen LogP contribution in [0.1, 0.15) is 13.3 Å². The minimum Gasteiger partial charge on any atom is -0.497 e. The van der Waals surface area contributed by atoms with Gasteiger partial charge < -0.3 is 14.0 Å². The summed E-state index contributed by atoms with van der Waals surface area (Å²) in [5.41, 5.74) is 0.870. The zero-order chi connectivity index (χ0) is 22.2. The van der Waals surface area contributed by atoms with Gasteiger partial charge in [0.1, 0.15) is 12.3 Å². The predicted molar refractivity (Wildman–Crippen MR) is 127 cm³/mol. The molecule has 0 N–H and O–H groups in total. The van der Waals surface area contributed by atoms with Crippen molar-refractivity contribution < 1.29 is 19.1 Å². The maximum absolute atomic E-state index is 12.5. The van der Waals surface area contributed by atoms with Crippen LogP contribution in [0.3, 0.4) is 0 Å². The van der Waals surface area contributed by atoms with E-state index < -0.39 is 0 Å². The zero-order valence-corrected chi connectivity index (χ0v) is 20.1. The highest BCUT2D eigenvalue weighted by atomic mass is 32.2. The number of esters is 1. The van der Waals surface area contributed by atoms with Crippen molar-refractivity contribution in [3.8, 4) is 5.75 Å². The average molecular weight is 477 g/mol. The molecular formula is C22H24N2O4S3. The number of carbonyl (C=O) groups is 2. The zero-order valence-electron chi connectivity index (χ0n) is 17.6. The lowest BCUT2D eigenvalue weighted by Crippen LogP contribution is -2.23. The highest BCUT2D eigenvalue weighted by Crippen LogP contribution is 2.25. The maximum atomic E-state index is 12.5. The molecule has 0 unspecified atom stereocenters. The molecule has 0 radical (unpaired) electrons. The molecule has 0 fully saturated rings. The Balaban J connectivity index is 1.77. The summed E-state index contributed by atoms with van der Waals surface area (Å²) in [6, 6.07) is 13.7. The van der Waals surface area contributed by atoms with Gasteiger partial charge in [-0.25, -0.2) is 0 Å². The number of carbonyl (C=O) groups excluding carboxylic acids is 2. The molecule has 0 saturated heterocycles. The molecule has 3 aromatic rings. The topological polar surface area (TPSA) is 69.9 Å². The molecule has 0 bridgehead atoms. The monoisotopic (exact) mass is 476 g/mol. The summed E-state index contributed by atoms with van der Waals surface area (Å²) in [4.78, 5) is 31.7. The number of benzene rings is 2. The van der Waals surface area contributed by atoms with Crippen molar-refractivity contribution in [1.29, 1.82) is 0 Å². The van der Waals surface area contributed by atoms with Crippen LogP contribution in [-0.2, 0) is 20.9 Å². The molecule has 0 saturated carbocycles. The molecule has 3 rings (SSSR count). The molecular weight excluding hydrogens is 452 g/mol. The van der Waals surface area contributed by atoms with E-state index in [0.29, 0.717) is 23.6 Å². The van der Waals surface area contributed by atoms with Crippen LogP contribution in [0, 0.1) is 0 Å². The Kier molecular flexibility index (Phi) is 8.62. The summed E-state index contributed by atoms with van der Waals surface area (Å²) in [6.45, 7) is 2.11. The number of nitrogens with zero attached hydrogens (tertiary/aromatic N) is 2. The van der Waals surface area contributed by atoms with Gasteiger partial charge in [0.25, 0.3) is 0 Å². The minimum atomic E-state index is -0.347. The van der Waals surface area contributed by atoms with Crippen molar-refractivity contribution in [2.45, 2.75) is 29.7 Å². The summed E-state index contributed by atoms with van der Waals surface area (Å²) in [7, 11) is 1.63. The second kappa shape index (κ2) is 11.4. The van der Waals surface area contributed by atoms with Gasteiger partial charge in [0.2, 0.25) is 5.91 Å². The Labute approximate surface area is 193 Å². The highest BCUT2D eigenvalue weighted by molar-refractivity contribution is 7.99. The smallest absolute Gasteiger partial charge is 0.326 e. The molecule has 1 amide bonds. The Morgan fingerprint density at radius 3 is 2.55 bits per heavy atom. The third-order valence-corrected chi connectivity index (χ3v) is 7.13. The van der Waals surface area contributed by atoms with Crippen LogP contribution < -0.4 is 9.54 Å². The first-order valence-electron chi connectivity index (χ1n) is 9.71. The molecule has 2 aromatic carbocycles. The third kappa shape index (κ3) is 6.38. The van der Waals surface area contributed by atoms with E-state index in [2.05, 4.69) is 11.1 Å². The molecule has 9 heteroatoms. The summed E-state index contributed by atoms with van der Waals surface area (Å²) in [5, 5.41) is 0. The molecule has 0 atom stereocenters. The standard InChI is InChI=1S/C22H24N2O4S3/c1-4-28-21(26)14-24-18-10-9-17(29-3)13-19(18)31-22(24)23-20(25)11-12-30-16-7-5-15(27-2)6-8-16/h5-10,13H,4,11-12,14H2,1-3H3. The van der Waals surface area contributed by atoms with Crippen LogP contribution >= 0.6 is 34.9 Å². The molecule has 0 spiro atoms. The molecule has 1 aromatic heterocycles. The van der Waals surface area contributed by atoms with Crippen LogP contribution in [0.15, 0.2) is 57.2 Å². The number of thioether (sulfide) groups is 2. The first kappa shape index (κ1) is 23.4. The number of hydrogen-bond donors (Lipinski definition) is 0. The van der Waals surface area contributed by atoms with Gasteiger partial charge in [-0.05, 0) is 55.6 Å². The molecule has 1 heterocycles. The van der Waals surface area contributed by atoms with E-state index in [1.807, 2.05) is 42.7 Å². The summed E-state index contributed by atoms with van der Waals surface area (Å²) >= 11 is 4.65. The van der Waals surface area contributed by atoms with E-state index >= 15 is 0 Å². The number of aromatic nitrogens is 1. The van der Waals surface area contributed by atoms with Crippen molar-refractivity contribution in [2.75, 3.05) is 25.7 Å². The van der Waals surface area contributed by atoms with Crippen LogP contribution in [0.5, 0.6) is 5.75 Å². The van der Waals surface area contributed by atoms with Crippen molar-refractivity contribution >= 4 is 57.0 Å². The van der Waals surface area contributed by atoms with Crippen LogP contribution in [-0.4, -0.2) is 42.2 Å². The van der Waals surface area contributed by atoms with E-state index in [9.17, 15) is 9.59 Å². The predicted octanol–water partition coefficient (Wildman–Crippen LogP) is 4.61. The average Bonchev–Trinajstić information content (AvgIpc) is 3.10. The Morgan fingerprint density at radius 2 is 1.87 bits per heavy atom. The SMILES string of the molecule is CCOC(=O)Cn1c(=NC(=O)CCSc2ccc(OC)cc2)sc2cc(SC)ccc21. The number of thiazole rings is 1. The first-order chi connectivity index (χ1) is 15.0. The van der Waals surface area contributed by atoms with E-state index in [-0.39, 0.29) is 18.4 Å². The van der Waals surface area contributed by atoms with E-state index in [1.54, 1.807) is 42.1 Å². The quantitative estimate of drug-likeness (QED) is 0.332. The second-order valence-electron chi connectivity index (χ2n) is 6.39. The molecule has 6 nitrogen and oxygen atoms in total. The van der Waals surface area contributed by atoms with Crippen LogP contribution in [0.4, 0.5) is 0 Å². The van der Waals surface area contributed by atoms with Gasteiger partial charge in [0.05, 0.1) is 23.9 Å².